The molecule has 0 atom stereocenters. The zero-order valence-corrected chi connectivity index (χ0v) is 10.6. The molecule has 0 saturated heterocycles. The molecule has 1 aromatic rings. The molecule has 1 amide bonds. The van der Waals surface area contributed by atoms with Gasteiger partial charge >= 0.3 is 0 Å². The lowest BCUT2D eigenvalue weighted by Crippen LogP contribution is -2.29. The van der Waals surface area contributed by atoms with Gasteiger partial charge in [0.05, 0.1) is 0 Å². The van der Waals surface area contributed by atoms with E-state index in [0.717, 1.165) is 13.1 Å². The third kappa shape index (κ3) is 6.49. The van der Waals surface area contributed by atoms with Gasteiger partial charge in [-0.25, -0.2) is 0 Å². The summed E-state index contributed by atoms with van der Waals surface area (Å²) in [5.41, 5.74) is 0. The first-order valence-electron chi connectivity index (χ1n) is 4.69. The number of carbonyl (C=O) groups excluding carboxylic acids is 1. The van der Waals surface area contributed by atoms with Crippen LogP contribution in [0.15, 0.2) is 12.1 Å². The number of rotatable bonds is 5. The van der Waals surface area contributed by atoms with Crippen molar-refractivity contribution in [2.24, 2.45) is 0 Å². The van der Waals surface area contributed by atoms with Crippen LogP contribution in [-0.4, -0.2) is 19.0 Å². The van der Waals surface area contributed by atoms with E-state index in [4.69, 9.17) is 0 Å². The van der Waals surface area contributed by atoms with Gasteiger partial charge in [0.25, 0.3) is 0 Å². The van der Waals surface area contributed by atoms with Crippen molar-refractivity contribution in [1.82, 2.24) is 10.6 Å². The SMILES string of the molecule is CC(=O)NCCNCc1ccc(C)s1.Cl. The minimum absolute atomic E-state index is 0. The van der Waals surface area contributed by atoms with E-state index in [9.17, 15) is 4.79 Å². The average Bonchev–Trinajstić information content (AvgIpc) is 2.50. The van der Waals surface area contributed by atoms with Crippen LogP contribution < -0.4 is 10.6 Å². The standard InChI is InChI=1S/C10H16N2OS.ClH/c1-8-3-4-10(14-8)7-11-5-6-12-9(2)13;/h3-4,11H,5-7H2,1-2H3,(H,12,13);1H. The van der Waals surface area contributed by atoms with Gasteiger partial charge in [-0.15, -0.1) is 23.7 Å². The number of amides is 1. The van der Waals surface area contributed by atoms with Gasteiger partial charge in [-0.3, -0.25) is 4.79 Å². The highest BCUT2D eigenvalue weighted by Crippen LogP contribution is 2.13. The second-order valence-electron chi connectivity index (χ2n) is 3.17. The van der Waals surface area contributed by atoms with Crippen molar-refractivity contribution < 1.29 is 4.79 Å². The maximum atomic E-state index is 10.5. The molecule has 0 aliphatic heterocycles. The summed E-state index contributed by atoms with van der Waals surface area (Å²) < 4.78 is 0. The van der Waals surface area contributed by atoms with Gasteiger partial charge in [0.1, 0.15) is 0 Å². The molecular weight excluding hydrogens is 232 g/mol. The molecule has 2 N–H and O–H groups in total. The molecule has 0 bridgehead atoms. The highest BCUT2D eigenvalue weighted by Gasteiger charge is 1.95. The van der Waals surface area contributed by atoms with Gasteiger partial charge in [-0.05, 0) is 19.1 Å². The molecule has 5 heteroatoms. The molecule has 3 nitrogen and oxygen atoms in total. The van der Waals surface area contributed by atoms with Crippen molar-refractivity contribution in [3.63, 3.8) is 0 Å². The van der Waals surface area contributed by atoms with Gasteiger partial charge in [-0.2, -0.15) is 0 Å². The highest BCUT2D eigenvalue weighted by molar-refractivity contribution is 7.11. The summed E-state index contributed by atoms with van der Waals surface area (Å²) in [5.74, 6) is 0.0266. The molecule has 0 fully saturated rings. The summed E-state index contributed by atoms with van der Waals surface area (Å²) in [6.45, 7) is 6.03. The van der Waals surface area contributed by atoms with Crippen LogP contribution in [0.3, 0.4) is 0 Å². The molecule has 0 radical (unpaired) electrons. The lowest BCUT2D eigenvalue weighted by Gasteiger charge is -2.03. The van der Waals surface area contributed by atoms with Crippen LogP contribution in [0.25, 0.3) is 0 Å². The van der Waals surface area contributed by atoms with E-state index in [1.807, 2.05) is 0 Å². The summed E-state index contributed by atoms with van der Waals surface area (Å²) in [6, 6.07) is 4.25. The number of halogens is 1. The molecule has 1 rings (SSSR count). The molecule has 0 aliphatic carbocycles. The van der Waals surface area contributed by atoms with Crippen molar-refractivity contribution in [2.75, 3.05) is 13.1 Å². The van der Waals surface area contributed by atoms with Crippen molar-refractivity contribution in [3.8, 4) is 0 Å². The van der Waals surface area contributed by atoms with Gasteiger partial charge < -0.3 is 10.6 Å². The van der Waals surface area contributed by atoms with E-state index in [0.29, 0.717) is 6.54 Å². The number of nitrogens with one attached hydrogen (secondary N) is 2. The monoisotopic (exact) mass is 248 g/mol. The van der Waals surface area contributed by atoms with E-state index in [-0.39, 0.29) is 18.3 Å². The Labute approximate surface area is 101 Å². The highest BCUT2D eigenvalue weighted by atomic mass is 35.5. The Bertz CT molecular complexity index is 301. The van der Waals surface area contributed by atoms with Crippen LogP contribution in [0.2, 0.25) is 0 Å². The van der Waals surface area contributed by atoms with Crippen LogP contribution >= 0.6 is 23.7 Å². The van der Waals surface area contributed by atoms with Crippen LogP contribution in [0.4, 0.5) is 0 Å². The van der Waals surface area contributed by atoms with E-state index in [2.05, 4.69) is 29.7 Å². The van der Waals surface area contributed by atoms with Gasteiger partial charge in [0.2, 0.25) is 5.91 Å². The first kappa shape index (κ1) is 14.4. The molecule has 0 unspecified atom stereocenters. The number of thiophene rings is 1. The Morgan fingerprint density at radius 3 is 2.67 bits per heavy atom. The lowest BCUT2D eigenvalue weighted by atomic mass is 10.4. The van der Waals surface area contributed by atoms with E-state index in [1.54, 1.807) is 11.3 Å². The smallest absolute Gasteiger partial charge is 0.216 e. The molecule has 0 spiro atoms. The minimum Gasteiger partial charge on any atom is -0.355 e. The fourth-order valence-electron chi connectivity index (χ4n) is 1.12. The maximum Gasteiger partial charge on any atom is 0.216 e. The zero-order valence-electron chi connectivity index (χ0n) is 9.00. The Balaban J connectivity index is 0.00000196. The molecule has 1 heterocycles. The van der Waals surface area contributed by atoms with Crippen molar-refractivity contribution in [3.05, 3.63) is 21.9 Å². The Morgan fingerprint density at radius 2 is 2.13 bits per heavy atom. The van der Waals surface area contributed by atoms with Crippen LogP contribution in [-0.2, 0) is 11.3 Å². The second-order valence-corrected chi connectivity index (χ2v) is 4.54. The van der Waals surface area contributed by atoms with Crippen LogP contribution in [0, 0.1) is 6.92 Å². The molecule has 0 aliphatic rings. The minimum atomic E-state index is 0. The van der Waals surface area contributed by atoms with Crippen LogP contribution in [0.5, 0.6) is 0 Å². The maximum absolute atomic E-state index is 10.5. The van der Waals surface area contributed by atoms with Crippen molar-refractivity contribution in [2.45, 2.75) is 20.4 Å². The predicted molar refractivity (Wildman–Crippen MR) is 66.7 cm³/mol. The molecule has 0 aromatic carbocycles. The van der Waals surface area contributed by atoms with Crippen molar-refractivity contribution in [1.29, 1.82) is 0 Å². The Hall–Kier alpha value is -0.580. The summed E-state index contributed by atoms with van der Waals surface area (Å²) >= 11 is 1.80. The Morgan fingerprint density at radius 1 is 1.40 bits per heavy atom. The lowest BCUT2D eigenvalue weighted by molar-refractivity contribution is -0.118. The molecular formula is C10H17ClN2OS. The first-order valence-corrected chi connectivity index (χ1v) is 5.50. The first-order chi connectivity index (χ1) is 6.68. The molecule has 0 saturated carbocycles. The normalized spacial score (nSPS) is 9.47. The fraction of sp³-hybridized carbons (Fsp3) is 0.500. The van der Waals surface area contributed by atoms with Crippen molar-refractivity contribution >= 4 is 29.7 Å². The fourth-order valence-corrected chi connectivity index (χ4v) is 1.98. The average molecular weight is 249 g/mol. The largest absolute Gasteiger partial charge is 0.355 e. The van der Waals surface area contributed by atoms with Gasteiger partial charge in [0, 0.05) is 36.3 Å². The van der Waals surface area contributed by atoms with E-state index < -0.39 is 0 Å². The Kier molecular flexibility index (Phi) is 7.38. The molecule has 86 valence electrons. The number of hydrogen-bond acceptors (Lipinski definition) is 3. The summed E-state index contributed by atoms with van der Waals surface area (Å²) in [6.07, 6.45) is 0. The third-order valence-electron chi connectivity index (χ3n) is 1.77. The van der Waals surface area contributed by atoms with E-state index in [1.165, 1.54) is 16.7 Å². The quantitative estimate of drug-likeness (QED) is 0.779. The predicted octanol–water partition coefficient (Wildman–Crippen LogP) is 1.70. The molecule has 1 aromatic heterocycles. The number of carbonyl (C=O) groups is 1. The second kappa shape index (κ2) is 7.68. The molecule has 15 heavy (non-hydrogen) atoms. The zero-order chi connectivity index (χ0) is 10.4. The summed E-state index contributed by atoms with van der Waals surface area (Å²) in [4.78, 5) is 13.2. The van der Waals surface area contributed by atoms with E-state index >= 15 is 0 Å². The topological polar surface area (TPSA) is 41.1 Å². The number of hydrogen-bond donors (Lipinski definition) is 2. The number of aryl methyl sites for hydroxylation is 1. The van der Waals surface area contributed by atoms with Crippen LogP contribution in [0.1, 0.15) is 16.7 Å². The van der Waals surface area contributed by atoms with Gasteiger partial charge in [-0.1, -0.05) is 0 Å². The third-order valence-corrected chi connectivity index (χ3v) is 2.77. The summed E-state index contributed by atoms with van der Waals surface area (Å²) in [5, 5.41) is 6.01. The summed E-state index contributed by atoms with van der Waals surface area (Å²) in [7, 11) is 0. The van der Waals surface area contributed by atoms with Gasteiger partial charge in [0.15, 0.2) is 0 Å².